The average molecular weight is 389 g/mol. The molecule has 146 valence electrons. The Morgan fingerprint density at radius 3 is 2.54 bits per heavy atom. The van der Waals surface area contributed by atoms with E-state index in [-0.39, 0.29) is 11.5 Å². The molecule has 1 N–H and O–H groups in total. The second-order valence-corrected chi connectivity index (χ2v) is 7.12. The van der Waals surface area contributed by atoms with Crippen LogP contribution in [0.15, 0.2) is 42.6 Å². The molecule has 0 saturated carbocycles. The molecule has 3 aromatic rings. The second kappa shape index (κ2) is 7.75. The van der Waals surface area contributed by atoms with Crippen molar-refractivity contribution < 1.29 is 17.6 Å². The highest BCUT2D eigenvalue weighted by atomic mass is 19.2. The Labute approximate surface area is 160 Å². The summed E-state index contributed by atoms with van der Waals surface area (Å²) in [7, 11) is 0. The van der Waals surface area contributed by atoms with E-state index in [1.54, 1.807) is 6.07 Å². The molecule has 4 rings (SSSR count). The lowest BCUT2D eigenvalue weighted by molar-refractivity contribution is 0.198. The van der Waals surface area contributed by atoms with E-state index >= 15 is 0 Å². The van der Waals surface area contributed by atoms with Gasteiger partial charge in [0.2, 0.25) is 0 Å². The second-order valence-electron chi connectivity index (χ2n) is 7.12. The third kappa shape index (κ3) is 3.67. The molecule has 1 atom stereocenters. The monoisotopic (exact) mass is 389 g/mol. The number of benzene rings is 2. The molecule has 3 nitrogen and oxygen atoms in total. The van der Waals surface area contributed by atoms with Crippen molar-refractivity contribution in [3.63, 3.8) is 0 Å². The first-order chi connectivity index (χ1) is 13.5. The number of nitrogens with zero attached hydrogens (tertiary/aromatic N) is 2. The van der Waals surface area contributed by atoms with Gasteiger partial charge in [-0.1, -0.05) is 12.1 Å². The topological polar surface area (TPSA) is 31.9 Å². The zero-order valence-electron chi connectivity index (χ0n) is 15.1. The Balaban J connectivity index is 1.56. The smallest absolute Gasteiger partial charge is 0.159 e. The highest BCUT2D eigenvalue weighted by Gasteiger charge is 2.27. The number of halogens is 4. The zero-order chi connectivity index (χ0) is 19.7. The van der Waals surface area contributed by atoms with Gasteiger partial charge in [-0.15, -0.1) is 0 Å². The molecule has 2 heterocycles. The van der Waals surface area contributed by atoms with Gasteiger partial charge in [-0.05, 0) is 49.2 Å². The van der Waals surface area contributed by atoms with Gasteiger partial charge in [-0.25, -0.2) is 17.6 Å². The fourth-order valence-electron chi connectivity index (χ4n) is 3.89. The van der Waals surface area contributed by atoms with Crippen LogP contribution in [-0.4, -0.2) is 28.2 Å². The number of aromatic nitrogens is 2. The molecule has 7 heteroatoms. The Hall–Kier alpha value is -2.67. The van der Waals surface area contributed by atoms with Crippen molar-refractivity contribution in [1.82, 2.24) is 15.1 Å². The zero-order valence-corrected chi connectivity index (χ0v) is 15.1. The summed E-state index contributed by atoms with van der Waals surface area (Å²) in [5, 5.41) is 6.93. The Morgan fingerprint density at radius 1 is 1.00 bits per heavy atom. The van der Waals surface area contributed by atoms with E-state index in [1.165, 1.54) is 30.5 Å². The third-order valence-electron chi connectivity index (χ3n) is 5.20. The number of hydrogen-bond donors (Lipinski definition) is 1. The molecule has 1 aromatic heterocycles. The summed E-state index contributed by atoms with van der Waals surface area (Å²) in [6.45, 7) is 1.92. The van der Waals surface area contributed by atoms with Crippen LogP contribution >= 0.6 is 0 Å². The van der Waals surface area contributed by atoms with Crippen molar-refractivity contribution in [2.75, 3.05) is 13.1 Å². The van der Waals surface area contributed by atoms with Gasteiger partial charge < -0.3 is 0 Å². The third-order valence-corrected chi connectivity index (χ3v) is 5.20. The van der Waals surface area contributed by atoms with Crippen LogP contribution in [0.5, 0.6) is 0 Å². The highest BCUT2D eigenvalue weighted by molar-refractivity contribution is 5.67. The van der Waals surface area contributed by atoms with Crippen LogP contribution in [0, 0.1) is 23.3 Å². The van der Waals surface area contributed by atoms with Crippen molar-refractivity contribution in [1.29, 1.82) is 0 Å². The summed E-state index contributed by atoms with van der Waals surface area (Å²) >= 11 is 0. The highest BCUT2D eigenvalue weighted by Crippen LogP contribution is 2.35. The van der Waals surface area contributed by atoms with E-state index in [2.05, 4.69) is 15.1 Å². The van der Waals surface area contributed by atoms with Crippen molar-refractivity contribution >= 4 is 0 Å². The Morgan fingerprint density at radius 2 is 1.79 bits per heavy atom. The molecule has 0 amide bonds. The predicted molar refractivity (Wildman–Crippen MR) is 97.5 cm³/mol. The summed E-state index contributed by atoms with van der Waals surface area (Å²) in [5.74, 6) is -2.98. The quantitative estimate of drug-likeness (QED) is 0.636. The largest absolute Gasteiger partial charge is 0.298 e. The summed E-state index contributed by atoms with van der Waals surface area (Å²) in [4.78, 5) is 2.13. The molecule has 0 radical (unpaired) electrons. The SMILES string of the molecule is Fc1ccc(CN2CCC[C@@H](c3[nH]ncc3-c3c(F)cccc3F)C2)cc1F. The van der Waals surface area contributed by atoms with E-state index in [4.69, 9.17) is 0 Å². The molecule has 0 bridgehead atoms. The van der Waals surface area contributed by atoms with Gasteiger partial charge >= 0.3 is 0 Å². The van der Waals surface area contributed by atoms with E-state index in [1.807, 2.05) is 0 Å². The minimum absolute atomic E-state index is 0.00977. The molecule has 1 saturated heterocycles. The first-order valence-electron chi connectivity index (χ1n) is 9.17. The van der Waals surface area contributed by atoms with Crippen LogP contribution in [0.1, 0.15) is 30.0 Å². The van der Waals surface area contributed by atoms with Gasteiger partial charge in [0.05, 0.1) is 11.8 Å². The molecule has 0 spiro atoms. The summed E-state index contributed by atoms with van der Waals surface area (Å²) < 4.78 is 55.1. The number of rotatable bonds is 4. The molecule has 28 heavy (non-hydrogen) atoms. The standard InChI is InChI=1S/C21H19F4N3/c22-16-7-6-13(9-19(16)25)11-28-8-2-3-14(12-28)21-15(10-26-27-21)20-17(23)4-1-5-18(20)24/h1,4-7,9-10,14H,2-3,8,11-12H2,(H,26,27)/t14-/m1/s1. The average Bonchev–Trinajstić information content (AvgIpc) is 3.14. The lowest BCUT2D eigenvalue weighted by Crippen LogP contribution is -2.34. The van der Waals surface area contributed by atoms with E-state index in [0.717, 1.165) is 25.5 Å². The minimum Gasteiger partial charge on any atom is -0.298 e. The van der Waals surface area contributed by atoms with Crippen LogP contribution in [-0.2, 0) is 6.54 Å². The van der Waals surface area contributed by atoms with Gasteiger partial charge in [-0.2, -0.15) is 5.10 Å². The van der Waals surface area contributed by atoms with Crippen molar-refractivity contribution in [2.24, 2.45) is 0 Å². The number of piperidine rings is 1. The first-order valence-corrected chi connectivity index (χ1v) is 9.17. The Kier molecular flexibility index (Phi) is 5.17. The van der Waals surface area contributed by atoms with Crippen LogP contribution in [0.3, 0.4) is 0 Å². The van der Waals surface area contributed by atoms with Crippen LogP contribution in [0.2, 0.25) is 0 Å². The van der Waals surface area contributed by atoms with E-state index in [9.17, 15) is 17.6 Å². The fourth-order valence-corrected chi connectivity index (χ4v) is 3.89. The first kappa shape index (κ1) is 18.7. The maximum absolute atomic E-state index is 14.2. The molecule has 1 aliphatic heterocycles. The summed E-state index contributed by atoms with van der Waals surface area (Å²) in [6.07, 6.45) is 3.18. The Bertz CT molecular complexity index is 965. The number of nitrogens with one attached hydrogen (secondary N) is 1. The van der Waals surface area contributed by atoms with Crippen LogP contribution in [0.25, 0.3) is 11.1 Å². The number of likely N-dealkylation sites (tertiary alicyclic amines) is 1. The van der Waals surface area contributed by atoms with Gasteiger partial charge in [0.25, 0.3) is 0 Å². The lowest BCUT2D eigenvalue weighted by Gasteiger charge is -2.32. The van der Waals surface area contributed by atoms with Crippen LogP contribution in [0.4, 0.5) is 17.6 Å². The summed E-state index contributed by atoms with van der Waals surface area (Å²) in [6, 6.07) is 7.68. The predicted octanol–water partition coefficient (Wildman–Crippen LogP) is 5.01. The van der Waals surface area contributed by atoms with Gasteiger partial charge in [-0.3, -0.25) is 10.00 Å². The lowest BCUT2D eigenvalue weighted by atomic mass is 9.90. The minimum atomic E-state index is -0.866. The number of aromatic amines is 1. The molecule has 2 aromatic carbocycles. The fraction of sp³-hybridized carbons (Fsp3) is 0.286. The summed E-state index contributed by atoms with van der Waals surface area (Å²) in [5.41, 5.74) is 1.72. The van der Waals surface area contributed by atoms with Crippen LogP contribution < -0.4 is 0 Å². The van der Waals surface area contributed by atoms with E-state index < -0.39 is 23.3 Å². The molecule has 0 unspecified atom stereocenters. The van der Waals surface area contributed by atoms with Crippen molar-refractivity contribution in [3.8, 4) is 11.1 Å². The van der Waals surface area contributed by atoms with Gasteiger partial charge in [0.1, 0.15) is 11.6 Å². The van der Waals surface area contributed by atoms with Crippen molar-refractivity contribution in [3.05, 3.63) is 77.1 Å². The van der Waals surface area contributed by atoms with E-state index in [0.29, 0.717) is 29.9 Å². The molecule has 1 fully saturated rings. The molecule has 0 aliphatic carbocycles. The van der Waals surface area contributed by atoms with Gasteiger partial charge in [0, 0.05) is 30.3 Å². The van der Waals surface area contributed by atoms with Crippen molar-refractivity contribution in [2.45, 2.75) is 25.3 Å². The number of hydrogen-bond acceptors (Lipinski definition) is 2. The number of H-pyrrole nitrogens is 1. The molecule has 1 aliphatic rings. The normalized spacial score (nSPS) is 17.8. The van der Waals surface area contributed by atoms with Gasteiger partial charge in [0.15, 0.2) is 11.6 Å². The molecular weight excluding hydrogens is 370 g/mol. The maximum Gasteiger partial charge on any atom is 0.159 e. The molecular formula is C21H19F4N3. The maximum atomic E-state index is 14.2.